The van der Waals surface area contributed by atoms with E-state index in [4.69, 9.17) is 0 Å². The van der Waals surface area contributed by atoms with Crippen molar-refractivity contribution in [2.45, 2.75) is 13.3 Å². The summed E-state index contributed by atoms with van der Waals surface area (Å²) < 4.78 is 1.88. The highest BCUT2D eigenvalue weighted by Crippen LogP contribution is 2.17. The van der Waals surface area contributed by atoms with Crippen molar-refractivity contribution in [2.24, 2.45) is 0 Å². The molecule has 0 aliphatic heterocycles. The molecule has 3 heterocycles. The van der Waals surface area contributed by atoms with E-state index in [2.05, 4.69) is 33.2 Å². The van der Waals surface area contributed by atoms with Crippen molar-refractivity contribution in [3.63, 3.8) is 0 Å². The SMILES string of the molecule is CC(=O)c1cnc2ncc(Cc3ccc4ncccc4c3)n2c1. The topological polar surface area (TPSA) is 60.2 Å². The number of rotatable bonds is 3. The molecule has 0 radical (unpaired) electrons. The minimum absolute atomic E-state index is 0.00386. The fraction of sp³-hybridized carbons (Fsp3) is 0.111. The molecule has 5 heteroatoms. The molecule has 112 valence electrons. The first-order valence-electron chi connectivity index (χ1n) is 7.37. The molecule has 1 aromatic carbocycles. The van der Waals surface area contributed by atoms with Crippen LogP contribution in [0.3, 0.4) is 0 Å². The van der Waals surface area contributed by atoms with Crippen LogP contribution in [-0.4, -0.2) is 25.1 Å². The number of ketones is 1. The molecule has 0 unspecified atom stereocenters. The summed E-state index contributed by atoms with van der Waals surface area (Å²) in [4.78, 5) is 24.4. The summed E-state index contributed by atoms with van der Waals surface area (Å²) in [6.45, 7) is 1.54. The van der Waals surface area contributed by atoms with Crippen molar-refractivity contribution in [3.8, 4) is 0 Å². The number of nitrogens with zero attached hydrogens (tertiary/aromatic N) is 4. The van der Waals surface area contributed by atoms with E-state index >= 15 is 0 Å². The minimum atomic E-state index is -0.00386. The molecule has 4 aromatic rings. The Hall–Kier alpha value is -3.08. The van der Waals surface area contributed by atoms with Gasteiger partial charge in [0.25, 0.3) is 0 Å². The maximum Gasteiger partial charge on any atom is 0.233 e. The zero-order chi connectivity index (χ0) is 15.8. The predicted molar refractivity (Wildman–Crippen MR) is 87.5 cm³/mol. The molecule has 4 rings (SSSR count). The Morgan fingerprint density at radius 1 is 1.13 bits per heavy atom. The summed E-state index contributed by atoms with van der Waals surface area (Å²) in [5.74, 6) is 0.600. The Morgan fingerprint density at radius 3 is 2.87 bits per heavy atom. The van der Waals surface area contributed by atoms with Crippen molar-refractivity contribution in [3.05, 3.63) is 71.9 Å². The highest BCUT2D eigenvalue weighted by molar-refractivity contribution is 5.93. The van der Waals surface area contributed by atoms with Crippen molar-refractivity contribution in [1.82, 2.24) is 19.4 Å². The monoisotopic (exact) mass is 302 g/mol. The molecule has 0 N–H and O–H groups in total. The van der Waals surface area contributed by atoms with Gasteiger partial charge in [-0.3, -0.25) is 14.2 Å². The number of hydrogen-bond acceptors (Lipinski definition) is 4. The van der Waals surface area contributed by atoms with E-state index in [0.29, 0.717) is 11.3 Å². The number of fused-ring (bicyclic) bond motifs is 2. The Labute approximate surface area is 132 Å². The van der Waals surface area contributed by atoms with Gasteiger partial charge in [-0.2, -0.15) is 0 Å². The molecule has 3 aromatic heterocycles. The normalized spacial score (nSPS) is 11.2. The third-order valence-electron chi connectivity index (χ3n) is 3.90. The molecule has 0 saturated heterocycles. The first-order valence-corrected chi connectivity index (χ1v) is 7.37. The average molecular weight is 302 g/mol. The third kappa shape index (κ3) is 2.46. The second-order valence-corrected chi connectivity index (χ2v) is 5.53. The number of hydrogen-bond donors (Lipinski definition) is 0. The first kappa shape index (κ1) is 13.6. The van der Waals surface area contributed by atoms with Crippen LogP contribution in [0.5, 0.6) is 0 Å². The van der Waals surface area contributed by atoms with Crippen LogP contribution in [0.15, 0.2) is 55.1 Å². The van der Waals surface area contributed by atoms with Crippen LogP contribution in [0, 0.1) is 0 Å². The van der Waals surface area contributed by atoms with Crippen molar-refractivity contribution >= 4 is 22.5 Å². The van der Waals surface area contributed by atoms with E-state index in [1.54, 1.807) is 24.8 Å². The van der Waals surface area contributed by atoms with Crippen LogP contribution >= 0.6 is 0 Å². The van der Waals surface area contributed by atoms with Crippen LogP contribution in [-0.2, 0) is 6.42 Å². The van der Waals surface area contributed by atoms with E-state index in [0.717, 1.165) is 23.0 Å². The molecule has 5 nitrogen and oxygen atoms in total. The molecule has 0 bridgehead atoms. The van der Waals surface area contributed by atoms with Gasteiger partial charge in [-0.25, -0.2) is 9.97 Å². The fourth-order valence-corrected chi connectivity index (χ4v) is 2.68. The quantitative estimate of drug-likeness (QED) is 0.546. The summed E-state index contributed by atoms with van der Waals surface area (Å²) in [6.07, 6.45) is 7.68. The Bertz CT molecular complexity index is 1040. The van der Waals surface area contributed by atoms with Gasteiger partial charge in [0.15, 0.2) is 5.78 Å². The Balaban J connectivity index is 1.76. The van der Waals surface area contributed by atoms with Gasteiger partial charge in [0.05, 0.1) is 17.3 Å². The molecule has 0 saturated carbocycles. The standard InChI is InChI=1S/C18H14N4O/c1-12(23)15-9-20-18-21-10-16(22(18)11-15)8-13-4-5-17-14(7-13)3-2-6-19-17/h2-7,9-11H,8H2,1H3. The van der Waals surface area contributed by atoms with Crippen LogP contribution in [0.25, 0.3) is 16.7 Å². The minimum Gasteiger partial charge on any atom is -0.294 e. The Morgan fingerprint density at radius 2 is 2.00 bits per heavy atom. The lowest BCUT2D eigenvalue weighted by Gasteiger charge is -2.05. The highest BCUT2D eigenvalue weighted by Gasteiger charge is 2.08. The number of imidazole rings is 1. The second kappa shape index (κ2) is 5.28. The smallest absolute Gasteiger partial charge is 0.233 e. The van der Waals surface area contributed by atoms with Gasteiger partial charge in [-0.15, -0.1) is 0 Å². The second-order valence-electron chi connectivity index (χ2n) is 5.53. The summed E-state index contributed by atoms with van der Waals surface area (Å²) in [5, 5.41) is 1.11. The molecule has 0 fully saturated rings. The van der Waals surface area contributed by atoms with Gasteiger partial charge in [-0.1, -0.05) is 12.1 Å². The lowest BCUT2D eigenvalue weighted by molar-refractivity contribution is 0.101. The van der Waals surface area contributed by atoms with Crippen molar-refractivity contribution in [1.29, 1.82) is 0 Å². The fourth-order valence-electron chi connectivity index (χ4n) is 2.68. The lowest BCUT2D eigenvalue weighted by atomic mass is 10.1. The molecule has 23 heavy (non-hydrogen) atoms. The highest BCUT2D eigenvalue weighted by atomic mass is 16.1. The zero-order valence-electron chi connectivity index (χ0n) is 12.6. The maximum absolute atomic E-state index is 11.5. The van der Waals surface area contributed by atoms with Gasteiger partial charge in [0.2, 0.25) is 5.78 Å². The molecular weight excluding hydrogens is 288 g/mol. The number of carbonyl (C=O) groups is 1. The van der Waals surface area contributed by atoms with E-state index in [1.807, 2.05) is 16.5 Å². The van der Waals surface area contributed by atoms with Gasteiger partial charge in [-0.05, 0) is 30.7 Å². The Kier molecular flexibility index (Phi) is 3.12. The molecule has 0 aliphatic carbocycles. The van der Waals surface area contributed by atoms with Crippen LogP contribution < -0.4 is 0 Å². The summed E-state index contributed by atoms with van der Waals surface area (Å²) in [7, 11) is 0. The van der Waals surface area contributed by atoms with Gasteiger partial charge < -0.3 is 0 Å². The van der Waals surface area contributed by atoms with Crippen molar-refractivity contribution in [2.75, 3.05) is 0 Å². The van der Waals surface area contributed by atoms with Gasteiger partial charge >= 0.3 is 0 Å². The average Bonchev–Trinajstić information content (AvgIpc) is 2.97. The first-order chi connectivity index (χ1) is 11.2. The number of aromatic nitrogens is 4. The largest absolute Gasteiger partial charge is 0.294 e. The molecule has 0 aliphatic rings. The molecule has 0 amide bonds. The number of pyridine rings is 1. The molecule has 0 spiro atoms. The number of carbonyl (C=O) groups excluding carboxylic acids is 1. The maximum atomic E-state index is 11.5. The van der Waals surface area contributed by atoms with Crippen molar-refractivity contribution < 1.29 is 4.79 Å². The zero-order valence-corrected chi connectivity index (χ0v) is 12.6. The third-order valence-corrected chi connectivity index (χ3v) is 3.90. The van der Waals surface area contributed by atoms with E-state index < -0.39 is 0 Å². The van der Waals surface area contributed by atoms with Crippen LogP contribution in [0.2, 0.25) is 0 Å². The molecular formula is C18H14N4O. The summed E-state index contributed by atoms with van der Waals surface area (Å²) in [5.41, 5.74) is 3.73. The molecule has 0 atom stereocenters. The van der Waals surface area contributed by atoms with E-state index in [-0.39, 0.29) is 5.78 Å². The van der Waals surface area contributed by atoms with Crippen LogP contribution in [0.4, 0.5) is 0 Å². The lowest BCUT2D eigenvalue weighted by Crippen LogP contribution is -2.01. The van der Waals surface area contributed by atoms with Crippen LogP contribution in [0.1, 0.15) is 28.5 Å². The summed E-state index contributed by atoms with van der Waals surface area (Å²) >= 11 is 0. The number of benzene rings is 1. The summed E-state index contributed by atoms with van der Waals surface area (Å²) in [6, 6.07) is 10.2. The van der Waals surface area contributed by atoms with E-state index in [1.165, 1.54) is 12.5 Å². The van der Waals surface area contributed by atoms with Gasteiger partial charge in [0, 0.05) is 36.1 Å². The predicted octanol–water partition coefficient (Wildman–Crippen LogP) is 3.07. The number of Topliss-reactive ketones (excluding diaryl/α,β-unsaturated/α-hetero) is 1. The van der Waals surface area contributed by atoms with Gasteiger partial charge in [0.1, 0.15) is 0 Å². The van der Waals surface area contributed by atoms with E-state index in [9.17, 15) is 4.79 Å².